The quantitative estimate of drug-likeness (QED) is 0.193. The standard InChI is InChI=1S/C27H24.C8H10.C7H8/c1-20-11-13-22(14-12-20)23-15-17-25(18-16-23)27(24-8-4-3-5-9-24)26-10-6-7-21(2)19-26;1-7-4-3-5-8(2)6-7;1-7-5-3-2-4-6-7/h3-19,27H,1-2H3;3-6H,1-2H3;2-6H,1H3. The molecule has 0 aliphatic heterocycles. The van der Waals surface area contributed by atoms with Crippen LogP contribution in [0.4, 0.5) is 0 Å². The molecule has 210 valence electrons. The lowest BCUT2D eigenvalue weighted by atomic mass is 9.84. The third-order valence-electron chi connectivity index (χ3n) is 7.25. The van der Waals surface area contributed by atoms with Crippen molar-refractivity contribution in [1.29, 1.82) is 0 Å². The van der Waals surface area contributed by atoms with E-state index in [2.05, 4.69) is 174 Å². The summed E-state index contributed by atoms with van der Waals surface area (Å²) in [5, 5.41) is 0. The first-order chi connectivity index (χ1) is 20.4. The Labute approximate surface area is 253 Å². The minimum absolute atomic E-state index is 0.248. The Morgan fingerprint density at radius 3 is 1.12 bits per heavy atom. The van der Waals surface area contributed by atoms with E-state index in [1.54, 1.807) is 0 Å². The summed E-state index contributed by atoms with van der Waals surface area (Å²) in [5.41, 5.74) is 13.1. The lowest BCUT2D eigenvalue weighted by molar-refractivity contribution is 0.975. The number of benzene rings is 6. The molecule has 0 fully saturated rings. The Balaban J connectivity index is 0.000000219. The van der Waals surface area contributed by atoms with E-state index >= 15 is 0 Å². The largest absolute Gasteiger partial charge is 0.0622 e. The van der Waals surface area contributed by atoms with Crippen molar-refractivity contribution in [2.45, 2.75) is 40.5 Å². The molecule has 1 atom stereocenters. The van der Waals surface area contributed by atoms with Gasteiger partial charge < -0.3 is 0 Å². The van der Waals surface area contributed by atoms with Crippen molar-refractivity contribution >= 4 is 0 Å². The smallest absolute Gasteiger partial charge is 0.0340 e. The van der Waals surface area contributed by atoms with Crippen LogP contribution in [0, 0.1) is 34.6 Å². The fraction of sp³-hybridized carbons (Fsp3) is 0.143. The molecule has 0 spiro atoms. The maximum Gasteiger partial charge on any atom is 0.0340 e. The zero-order valence-electron chi connectivity index (χ0n) is 25.6. The molecule has 0 heteroatoms. The second-order valence-electron chi connectivity index (χ2n) is 11.1. The Kier molecular flexibility index (Phi) is 11.1. The first-order valence-electron chi connectivity index (χ1n) is 14.7. The fourth-order valence-electron chi connectivity index (χ4n) is 5.03. The van der Waals surface area contributed by atoms with E-state index in [0.29, 0.717) is 0 Å². The number of aryl methyl sites for hydroxylation is 5. The summed E-state index contributed by atoms with van der Waals surface area (Å²) in [6, 6.07) is 56.1. The first-order valence-corrected chi connectivity index (χ1v) is 14.7. The number of hydrogen-bond acceptors (Lipinski definition) is 0. The topological polar surface area (TPSA) is 0 Å². The Bertz CT molecular complexity index is 1610. The third-order valence-corrected chi connectivity index (χ3v) is 7.25. The van der Waals surface area contributed by atoms with E-state index in [9.17, 15) is 0 Å². The van der Waals surface area contributed by atoms with Crippen LogP contribution in [0.1, 0.15) is 50.4 Å². The van der Waals surface area contributed by atoms with E-state index in [1.807, 2.05) is 18.2 Å². The normalized spacial score (nSPS) is 10.9. The summed E-state index contributed by atoms with van der Waals surface area (Å²) in [7, 11) is 0. The lowest BCUT2D eigenvalue weighted by Crippen LogP contribution is -2.03. The zero-order valence-corrected chi connectivity index (χ0v) is 25.6. The molecule has 0 saturated carbocycles. The molecule has 0 bridgehead atoms. The van der Waals surface area contributed by atoms with Crippen LogP contribution in [-0.2, 0) is 0 Å². The van der Waals surface area contributed by atoms with Gasteiger partial charge in [0, 0.05) is 5.92 Å². The van der Waals surface area contributed by atoms with Gasteiger partial charge in [-0.2, -0.15) is 0 Å². The van der Waals surface area contributed by atoms with E-state index in [4.69, 9.17) is 0 Å². The monoisotopic (exact) mass is 546 g/mol. The van der Waals surface area contributed by atoms with E-state index < -0.39 is 0 Å². The summed E-state index contributed by atoms with van der Waals surface area (Å²) < 4.78 is 0. The molecule has 0 aliphatic rings. The van der Waals surface area contributed by atoms with Crippen molar-refractivity contribution in [2.24, 2.45) is 0 Å². The first kappa shape index (κ1) is 30.3. The van der Waals surface area contributed by atoms with Crippen LogP contribution in [0.25, 0.3) is 11.1 Å². The van der Waals surface area contributed by atoms with Gasteiger partial charge in [-0.25, -0.2) is 0 Å². The highest BCUT2D eigenvalue weighted by atomic mass is 14.2. The summed E-state index contributed by atoms with van der Waals surface area (Å²) in [6.45, 7) is 10.6. The summed E-state index contributed by atoms with van der Waals surface area (Å²) >= 11 is 0. The SMILES string of the molecule is Cc1ccc(-c2ccc(C(c3ccccc3)c3cccc(C)c3)cc2)cc1.Cc1cccc(C)c1.Cc1ccccc1. The molecule has 6 rings (SSSR count). The van der Waals surface area contributed by atoms with Gasteiger partial charge in [0.25, 0.3) is 0 Å². The van der Waals surface area contributed by atoms with Crippen LogP contribution in [0.5, 0.6) is 0 Å². The van der Waals surface area contributed by atoms with Crippen molar-refractivity contribution in [3.63, 3.8) is 0 Å². The molecule has 0 saturated heterocycles. The molecule has 6 aromatic carbocycles. The van der Waals surface area contributed by atoms with Crippen LogP contribution in [0.2, 0.25) is 0 Å². The van der Waals surface area contributed by atoms with Crippen molar-refractivity contribution < 1.29 is 0 Å². The highest BCUT2D eigenvalue weighted by molar-refractivity contribution is 5.64. The van der Waals surface area contributed by atoms with Crippen LogP contribution in [0.3, 0.4) is 0 Å². The van der Waals surface area contributed by atoms with Crippen molar-refractivity contribution in [3.05, 3.63) is 202 Å². The number of hydrogen-bond donors (Lipinski definition) is 0. The molecule has 0 nitrogen and oxygen atoms in total. The van der Waals surface area contributed by atoms with Crippen LogP contribution >= 0.6 is 0 Å². The molecular formula is C42H42. The van der Waals surface area contributed by atoms with Gasteiger partial charge in [0.1, 0.15) is 0 Å². The van der Waals surface area contributed by atoms with E-state index in [1.165, 1.54) is 55.6 Å². The minimum atomic E-state index is 0.248. The van der Waals surface area contributed by atoms with Gasteiger partial charge in [-0.05, 0) is 62.4 Å². The predicted octanol–water partition coefficient (Wildman–Crippen LogP) is 11.4. The fourth-order valence-corrected chi connectivity index (χ4v) is 5.03. The highest BCUT2D eigenvalue weighted by Gasteiger charge is 2.16. The van der Waals surface area contributed by atoms with Crippen LogP contribution < -0.4 is 0 Å². The summed E-state index contributed by atoms with van der Waals surface area (Å²) in [6.07, 6.45) is 0. The van der Waals surface area contributed by atoms with Crippen LogP contribution in [-0.4, -0.2) is 0 Å². The predicted molar refractivity (Wildman–Crippen MR) is 182 cm³/mol. The Morgan fingerprint density at radius 2 is 0.667 bits per heavy atom. The molecule has 0 aromatic heterocycles. The highest BCUT2D eigenvalue weighted by Crippen LogP contribution is 2.33. The van der Waals surface area contributed by atoms with Gasteiger partial charge in [0.2, 0.25) is 0 Å². The van der Waals surface area contributed by atoms with Crippen molar-refractivity contribution in [1.82, 2.24) is 0 Å². The van der Waals surface area contributed by atoms with Gasteiger partial charge in [0.05, 0.1) is 0 Å². The summed E-state index contributed by atoms with van der Waals surface area (Å²) in [5.74, 6) is 0.248. The minimum Gasteiger partial charge on any atom is -0.0622 e. The Morgan fingerprint density at radius 1 is 0.286 bits per heavy atom. The van der Waals surface area contributed by atoms with Gasteiger partial charge in [-0.1, -0.05) is 186 Å². The van der Waals surface area contributed by atoms with Gasteiger partial charge in [0.15, 0.2) is 0 Å². The second-order valence-corrected chi connectivity index (χ2v) is 11.1. The van der Waals surface area contributed by atoms with Crippen molar-refractivity contribution in [2.75, 3.05) is 0 Å². The van der Waals surface area contributed by atoms with Crippen molar-refractivity contribution in [3.8, 4) is 11.1 Å². The number of rotatable bonds is 4. The maximum atomic E-state index is 2.30. The zero-order chi connectivity index (χ0) is 29.7. The second kappa shape index (κ2) is 15.4. The van der Waals surface area contributed by atoms with E-state index in [0.717, 1.165) is 0 Å². The molecule has 6 aromatic rings. The van der Waals surface area contributed by atoms with Crippen LogP contribution in [0.15, 0.2) is 158 Å². The molecule has 0 heterocycles. The average molecular weight is 547 g/mol. The van der Waals surface area contributed by atoms with Gasteiger partial charge in [-0.15, -0.1) is 0 Å². The Hall–Kier alpha value is -4.68. The van der Waals surface area contributed by atoms with E-state index in [-0.39, 0.29) is 5.92 Å². The lowest BCUT2D eigenvalue weighted by Gasteiger charge is -2.20. The molecule has 0 aliphatic carbocycles. The molecule has 0 amide bonds. The van der Waals surface area contributed by atoms with Gasteiger partial charge >= 0.3 is 0 Å². The maximum absolute atomic E-state index is 2.30. The molecule has 0 radical (unpaired) electrons. The summed E-state index contributed by atoms with van der Waals surface area (Å²) in [4.78, 5) is 0. The molecule has 42 heavy (non-hydrogen) atoms. The molecule has 0 N–H and O–H groups in total. The van der Waals surface area contributed by atoms with Gasteiger partial charge in [-0.3, -0.25) is 0 Å². The average Bonchev–Trinajstić information content (AvgIpc) is 3.00. The molecule has 1 unspecified atom stereocenters. The molecular weight excluding hydrogens is 504 g/mol. The third kappa shape index (κ3) is 9.18.